The van der Waals surface area contributed by atoms with Gasteiger partial charge in [-0.3, -0.25) is 14.5 Å². The number of hydrogen-bond acceptors (Lipinski definition) is 6. The molecule has 3 aromatic rings. The van der Waals surface area contributed by atoms with Crippen LogP contribution in [0.4, 0.5) is 17.2 Å². The molecule has 2 N–H and O–H groups in total. The third-order valence-electron chi connectivity index (χ3n) is 5.01. The monoisotopic (exact) mass is 453 g/mol. The van der Waals surface area contributed by atoms with E-state index in [1.165, 1.54) is 11.1 Å². The number of amides is 1. The van der Waals surface area contributed by atoms with Crippen LogP contribution in [0.3, 0.4) is 0 Å². The van der Waals surface area contributed by atoms with E-state index in [0.717, 1.165) is 11.1 Å². The molecule has 0 saturated heterocycles. The second-order valence-electron chi connectivity index (χ2n) is 7.66. The van der Waals surface area contributed by atoms with Crippen molar-refractivity contribution in [3.63, 3.8) is 0 Å². The number of carbonyl (C=O) groups is 1. The van der Waals surface area contributed by atoms with Crippen LogP contribution in [0, 0.1) is 0 Å². The Bertz CT molecular complexity index is 1180. The van der Waals surface area contributed by atoms with Crippen LogP contribution in [0.5, 0.6) is 0 Å². The Labute approximate surface area is 188 Å². The number of carbonyl (C=O) groups excluding carboxylic acids is 1. The molecule has 0 aliphatic carbocycles. The molecule has 1 atom stereocenters. The first kappa shape index (κ1) is 23.2. The third-order valence-corrected chi connectivity index (χ3v) is 6.92. The second-order valence-corrected chi connectivity index (χ2v) is 9.76. The van der Waals surface area contributed by atoms with Crippen molar-refractivity contribution in [2.75, 3.05) is 24.1 Å². The van der Waals surface area contributed by atoms with Crippen molar-refractivity contribution in [2.24, 2.45) is 0 Å². The van der Waals surface area contributed by atoms with Gasteiger partial charge in [0.1, 0.15) is 5.82 Å². The van der Waals surface area contributed by atoms with Gasteiger partial charge in [-0.05, 0) is 49.2 Å². The number of pyridine rings is 2. The molecular formula is C23H27N5O3S. The zero-order chi connectivity index (χ0) is 23.3. The van der Waals surface area contributed by atoms with Gasteiger partial charge in [0.15, 0.2) is 0 Å². The maximum atomic E-state index is 12.3. The van der Waals surface area contributed by atoms with E-state index in [4.69, 9.17) is 0 Å². The second kappa shape index (κ2) is 9.78. The van der Waals surface area contributed by atoms with Crippen molar-refractivity contribution in [3.8, 4) is 11.1 Å². The van der Waals surface area contributed by atoms with E-state index in [1.807, 2.05) is 31.2 Å². The molecule has 0 fully saturated rings. The molecule has 32 heavy (non-hydrogen) atoms. The van der Waals surface area contributed by atoms with Crippen molar-refractivity contribution >= 4 is 33.1 Å². The number of aromatic nitrogens is 2. The molecule has 0 saturated carbocycles. The van der Waals surface area contributed by atoms with Crippen molar-refractivity contribution < 1.29 is 13.2 Å². The fourth-order valence-electron chi connectivity index (χ4n) is 2.90. The number of nitrogens with one attached hydrogen (secondary N) is 2. The molecule has 168 valence electrons. The number of rotatable bonds is 8. The van der Waals surface area contributed by atoms with Crippen LogP contribution in [-0.4, -0.2) is 48.5 Å². The van der Waals surface area contributed by atoms with Gasteiger partial charge < -0.3 is 10.2 Å². The van der Waals surface area contributed by atoms with E-state index in [1.54, 1.807) is 51.6 Å². The van der Waals surface area contributed by atoms with E-state index in [9.17, 15) is 13.2 Å². The van der Waals surface area contributed by atoms with E-state index >= 15 is 0 Å². The maximum Gasteiger partial charge on any atom is 0.253 e. The van der Waals surface area contributed by atoms with Crippen LogP contribution in [0.25, 0.3) is 11.1 Å². The summed E-state index contributed by atoms with van der Waals surface area (Å²) in [6, 6.07) is 12.8. The SMILES string of the molecule is CCC(C)S(=O)(=O)Nc1cncc(Nc2ccc(-c3ccc(C(=O)N(C)C)cc3)cn2)c1. The number of benzene rings is 1. The molecule has 0 aliphatic rings. The van der Waals surface area contributed by atoms with Crippen LogP contribution in [0.1, 0.15) is 30.6 Å². The molecule has 0 aliphatic heterocycles. The standard InChI is InChI=1S/C23H27N5O3S/c1-5-16(2)32(30,31)27-21-12-20(14-24-15-21)26-22-11-10-19(13-25-22)17-6-8-18(9-7-17)23(29)28(3)4/h6-16,27H,5H2,1-4H3,(H,25,26). The van der Waals surface area contributed by atoms with Gasteiger partial charge in [0.2, 0.25) is 10.0 Å². The lowest BCUT2D eigenvalue weighted by atomic mass is 10.1. The highest BCUT2D eigenvalue weighted by Crippen LogP contribution is 2.23. The van der Waals surface area contributed by atoms with Gasteiger partial charge in [0, 0.05) is 31.4 Å². The average molecular weight is 454 g/mol. The Morgan fingerprint density at radius 3 is 2.25 bits per heavy atom. The Balaban J connectivity index is 1.70. The first-order chi connectivity index (χ1) is 15.2. The van der Waals surface area contributed by atoms with Crippen LogP contribution in [0.2, 0.25) is 0 Å². The van der Waals surface area contributed by atoms with Crippen LogP contribution >= 0.6 is 0 Å². The molecule has 8 nitrogen and oxygen atoms in total. The summed E-state index contributed by atoms with van der Waals surface area (Å²) in [6.45, 7) is 3.49. The van der Waals surface area contributed by atoms with Gasteiger partial charge in [-0.15, -0.1) is 0 Å². The molecule has 2 aromatic heterocycles. The summed E-state index contributed by atoms with van der Waals surface area (Å²) >= 11 is 0. The zero-order valence-corrected chi connectivity index (χ0v) is 19.3. The van der Waals surface area contributed by atoms with Gasteiger partial charge in [-0.25, -0.2) is 13.4 Å². The van der Waals surface area contributed by atoms with Gasteiger partial charge in [0.05, 0.1) is 29.0 Å². The quantitative estimate of drug-likeness (QED) is 0.531. The minimum Gasteiger partial charge on any atom is -0.345 e. The van der Waals surface area contributed by atoms with Crippen molar-refractivity contribution in [2.45, 2.75) is 25.5 Å². The van der Waals surface area contributed by atoms with E-state index in [0.29, 0.717) is 29.2 Å². The van der Waals surface area contributed by atoms with Crippen LogP contribution in [0.15, 0.2) is 61.1 Å². The van der Waals surface area contributed by atoms with Crippen LogP contribution in [-0.2, 0) is 10.0 Å². The number of sulfonamides is 1. The summed E-state index contributed by atoms with van der Waals surface area (Å²) in [4.78, 5) is 22.1. The summed E-state index contributed by atoms with van der Waals surface area (Å²) in [6.07, 6.45) is 5.31. The lowest BCUT2D eigenvalue weighted by Gasteiger charge is -2.14. The number of hydrogen-bond donors (Lipinski definition) is 2. The number of nitrogens with zero attached hydrogens (tertiary/aromatic N) is 3. The summed E-state index contributed by atoms with van der Waals surface area (Å²) in [5.41, 5.74) is 3.48. The molecule has 0 spiro atoms. The lowest BCUT2D eigenvalue weighted by molar-refractivity contribution is 0.0827. The minimum atomic E-state index is -3.46. The first-order valence-corrected chi connectivity index (χ1v) is 11.8. The molecule has 3 rings (SSSR count). The minimum absolute atomic E-state index is 0.0449. The molecule has 0 bridgehead atoms. The fourth-order valence-corrected chi connectivity index (χ4v) is 3.98. The molecule has 0 radical (unpaired) electrons. The normalized spacial score (nSPS) is 12.1. The van der Waals surface area contributed by atoms with Crippen molar-refractivity contribution in [1.29, 1.82) is 0 Å². The largest absolute Gasteiger partial charge is 0.345 e. The summed E-state index contributed by atoms with van der Waals surface area (Å²) in [5.74, 6) is 0.549. The Kier molecular flexibility index (Phi) is 7.09. The molecule has 2 heterocycles. The highest BCUT2D eigenvalue weighted by molar-refractivity contribution is 7.93. The average Bonchev–Trinajstić information content (AvgIpc) is 2.78. The summed E-state index contributed by atoms with van der Waals surface area (Å²) < 4.78 is 27.1. The smallest absolute Gasteiger partial charge is 0.253 e. The van der Waals surface area contributed by atoms with Gasteiger partial charge in [-0.2, -0.15) is 0 Å². The highest BCUT2D eigenvalue weighted by Gasteiger charge is 2.18. The first-order valence-electron chi connectivity index (χ1n) is 10.2. The van der Waals surface area contributed by atoms with Gasteiger partial charge in [-0.1, -0.05) is 19.1 Å². The fraction of sp³-hybridized carbons (Fsp3) is 0.261. The molecule has 1 unspecified atom stereocenters. The predicted molar refractivity (Wildman–Crippen MR) is 128 cm³/mol. The molecule has 1 aromatic carbocycles. The Hall–Kier alpha value is -3.46. The Morgan fingerprint density at radius 1 is 1.00 bits per heavy atom. The van der Waals surface area contributed by atoms with E-state index in [2.05, 4.69) is 20.0 Å². The topological polar surface area (TPSA) is 104 Å². The summed E-state index contributed by atoms with van der Waals surface area (Å²) in [7, 11) is -0.0197. The van der Waals surface area contributed by atoms with E-state index in [-0.39, 0.29) is 5.91 Å². The Morgan fingerprint density at radius 2 is 1.66 bits per heavy atom. The highest BCUT2D eigenvalue weighted by atomic mass is 32.2. The lowest BCUT2D eigenvalue weighted by Crippen LogP contribution is -2.24. The third kappa shape index (κ3) is 5.61. The predicted octanol–water partition coefficient (Wildman–Crippen LogP) is 4.13. The van der Waals surface area contributed by atoms with Crippen LogP contribution < -0.4 is 10.0 Å². The van der Waals surface area contributed by atoms with Crippen molar-refractivity contribution in [3.05, 3.63) is 66.6 Å². The zero-order valence-electron chi connectivity index (χ0n) is 18.5. The maximum absolute atomic E-state index is 12.3. The molecular weight excluding hydrogens is 426 g/mol. The van der Waals surface area contributed by atoms with Gasteiger partial charge in [0.25, 0.3) is 5.91 Å². The van der Waals surface area contributed by atoms with Crippen molar-refractivity contribution in [1.82, 2.24) is 14.9 Å². The molecule has 1 amide bonds. The summed E-state index contributed by atoms with van der Waals surface area (Å²) in [5, 5.41) is 2.63. The van der Waals surface area contributed by atoms with E-state index < -0.39 is 15.3 Å². The molecule has 9 heteroatoms. The number of anilines is 3. The van der Waals surface area contributed by atoms with Gasteiger partial charge >= 0.3 is 0 Å².